The number of hydrogen-bond acceptors (Lipinski definition) is 5. The molecule has 1 aromatic rings. The molecular formula is C13H18BrNO3S. The number of nitrogens with zero attached hydrogens (tertiary/aromatic N) is 1. The summed E-state index contributed by atoms with van der Waals surface area (Å²) in [7, 11) is 0. The summed E-state index contributed by atoms with van der Waals surface area (Å²) in [6.45, 7) is 5.45. The van der Waals surface area contributed by atoms with Crippen LogP contribution in [0, 0.1) is 0 Å². The van der Waals surface area contributed by atoms with Crippen molar-refractivity contribution in [1.82, 2.24) is 4.90 Å². The van der Waals surface area contributed by atoms with Crippen LogP contribution in [0.5, 0.6) is 0 Å². The van der Waals surface area contributed by atoms with Gasteiger partial charge in [-0.15, -0.1) is 11.3 Å². The molecule has 0 bridgehead atoms. The summed E-state index contributed by atoms with van der Waals surface area (Å²) in [5.41, 5.74) is 0. The maximum absolute atomic E-state index is 11.8. The normalized spacial score (nSPS) is 18.2. The summed E-state index contributed by atoms with van der Waals surface area (Å²) in [6.07, 6.45) is 0.404. The average molecular weight is 348 g/mol. The quantitative estimate of drug-likeness (QED) is 0.767. The number of carbonyl (C=O) groups excluding carboxylic acids is 1. The van der Waals surface area contributed by atoms with Gasteiger partial charge in [0.15, 0.2) is 0 Å². The predicted molar refractivity (Wildman–Crippen MR) is 78.4 cm³/mol. The van der Waals surface area contributed by atoms with E-state index in [1.54, 1.807) is 11.3 Å². The van der Waals surface area contributed by atoms with Crippen molar-refractivity contribution < 1.29 is 14.3 Å². The third-order valence-corrected chi connectivity index (χ3v) is 4.86. The topological polar surface area (TPSA) is 38.8 Å². The molecule has 0 aromatic carbocycles. The molecule has 1 aliphatic heterocycles. The fourth-order valence-electron chi connectivity index (χ4n) is 2.18. The summed E-state index contributed by atoms with van der Waals surface area (Å²) in [5.74, 6) is -0.136. The Morgan fingerprint density at radius 2 is 2.32 bits per heavy atom. The maximum Gasteiger partial charge on any atom is 0.307 e. The Hall–Kier alpha value is -0.430. The monoisotopic (exact) mass is 347 g/mol. The highest BCUT2D eigenvalue weighted by Gasteiger charge is 2.26. The molecular weight excluding hydrogens is 330 g/mol. The van der Waals surface area contributed by atoms with Crippen LogP contribution in [0.3, 0.4) is 0 Å². The second kappa shape index (κ2) is 7.38. The molecule has 19 heavy (non-hydrogen) atoms. The van der Waals surface area contributed by atoms with Crippen LogP contribution in [0.1, 0.15) is 24.3 Å². The van der Waals surface area contributed by atoms with Crippen LogP contribution in [-0.2, 0) is 14.3 Å². The van der Waals surface area contributed by atoms with Crippen molar-refractivity contribution >= 4 is 33.2 Å². The lowest BCUT2D eigenvalue weighted by Gasteiger charge is -2.33. The van der Waals surface area contributed by atoms with Gasteiger partial charge in [0.25, 0.3) is 0 Å². The molecule has 0 N–H and O–H groups in total. The Morgan fingerprint density at radius 1 is 1.58 bits per heavy atom. The summed E-state index contributed by atoms with van der Waals surface area (Å²) in [4.78, 5) is 15.3. The van der Waals surface area contributed by atoms with E-state index in [0.29, 0.717) is 13.0 Å². The zero-order valence-electron chi connectivity index (χ0n) is 10.9. The van der Waals surface area contributed by atoms with Crippen molar-refractivity contribution in [2.75, 3.05) is 32.9 Å². The van der Waals surface area contributed by atoms with E-state index >= 15 is 0 Å². The Kier molecular flexibility index (Phi) is 5.81. The smallest absolute Gasteiger partial charge is 0.307 e. The molecule has 1 atom stereocenters. The van der Waals surface area contributed by atoms with Gasteiger partial charge in [0, 0.05) is 27.8 Å². The molecule has 1 aliphatic rings. The van der Waals surface area contributed by atoms with Gasteiger partial charge < -0.3 is 9.47 Å². The fraction of sp³-hybridized carbons (Fsp3) is 0.615. The second-order valence-electron chi connectivity index (χ2n) is 4.34. The van der Waals surface area contributed by atoms with E-state index in [0.717, 1.165) is 30.8 Å². The van der Waals surface area contributed by atoms with E-state index in [4.69, 9.17) is 9.47 Å². The number of halogens is 1. The number of rotatable bonds is 5. The molecule has 1 saturated heterocycles. The van der Waals surface area contributed by atoms with Crippen molar-refractivity contribution in [2.45, 2.75) is 19.4 Å². The number of thiophene rings is 1. The van der Waals surface area contributed by atoms with Crippen LogP contribution in [0.15, 0.2) is 15.9 Å². The van der Waals surface area contributed by atoms with Gasteiger partial charge >= 0.3 is 5.97 Å². The zero-order valence-corrected chi connectivity index (χ0v) is 13.3. The van der Waals surface area contributed by atoms with E-state index in [-0.39, 0.29) is 12.0 Å². The number of carbonyl (C=O) groups is 1. The molecule has 0 amide bonds. The highest BCUT2D eigenvalue weighted by molar-refractivity contribution is 9.10. The first-order chi connectivity index (χ1) is 9.20. The van der Waals surface area contributed by atoms with Gasteiger partial charge in [-0.1, -0.05) is 0 Å². The molecule has 4 nitrogen and oxygen atoms in total. The summed E-state index contributed by atoms with van der Waals surface area (Å²) in [6, 6.07) is 2.18. The predicted octanol–water partition coefficient (Wildman–Crippen LogP) is 2.84. The van der Waals surface area contributed by atoms with Crippen LogP contribution >= 0.6 is 27.3 Å². The highest BCUT2D eigenvalue weighted by atomic mass is 79.9. The first-order valence-corrected chi connectivity index (χ1v) is 8.09. The van der Waals surface area contributed by atoms with Crippen LogP contribution in [-0.4, -0.2) is 43.8 Å². The molecule has 2 heterocycles. The first kappa shape index (κ1) is 15.0. The minimum Gasteiger partial charge on any atom is -0.466 e. The molecule has 1 unspecified atom stereocenters. The summed E-state index contributed by atoms with van der Waals surface area (Å²) in [5, 5.41) is 2.05. The lowest BCUT2D eigenvalue weighted by Crippen LogP contribution is -2.39. The molecule has 0 aliphatic carbocycles. The van der Waals surface area contributed by atoms with Gasteiger partial charge in [-0.3, -0.25) is 9.69 Å². The Morgan fingerprint density at radius 3 is 2.89 bits per heavy atom. The third-order valence-electron chi connectivity index (χ3n) is 3.07. The summed E-state index contributed by atoms with van der Waals surface area (Å²) >= 11 is 5.15. The van der Waals surface area contributed by atoms with E-state index in [2.05, 4.69) is 26.9 Å². The van der Waals surface area contributed by atoms with E-state index < -0.39 is 0 Å². The van der Waals surface area contributed by atoms with Gasteiger partial charge in [-0.2, -0.15) is 0 Å². The Bertz CT molecular complexity index is 418. The van der Waals surface area contributed by atoms with E-state index in [1.807, 2.05) is 12.3 Å². The van der Waals surface area contributed by atoms with Crippen molar-refractivity contribution in [2.24, 2.45) is 0 Å². The number of hydrogen-bond donors (Lipinski definition) is 0. The maximum atomic E-state index is 11.8. The number of ether oxygens (including phenoxy) is 2. The molecule has 1 aromatic heterocycles. The standard InChI is InChI=1S/C13H18BrNO3S/c1-2-18-13(16)8-11(12-7-10(14)9-19-12)15-3-5-17-6-4-15/h7,9,11H,2-6,8H2,1H3. The third kappa shape index (κ3) is 4.27. The van der Waals surface area contributed by atoms with Gasteiger partial charge in [-0.05, 0) is 28.9 Å². The average Bonchev–Trinajstić information content (AvgIpc) is 2.84. The number of morpholine rings is 1. The molecule has 6 heteroatoms. The molecule has 0 radical (unpaired) electrons. The van der Waals surface area contributed by atoms with Crippen LogP contribution in [0.25, 0.3) is 0 Å². The Balaban J connectivity index is 2.10. The summed E-state index contributed by atoms with van der Waals surface area (Å²) < 4.78 is 11.5. The van der Waals surface area contributed by atoms with Crippen molar-refractivity contribution in [3.8, 4) is 0 Å². The molecule has 0 spiro atoms. The fourth-order valence-corrected chi connectivity index (χ4v) is 3.76. The van der Waals surface area contributed by atoms with Crippen LogP contribution < -0.4 is 0 Å². The molecule has 1 fully saturated rings. The minimum absolute atomic E-state index is 0.0965. The van der Waals surface area contributed by atoms with Crippen molar-refractivity contribution in [1.29, 1.82) is 0 Å². The van der Waals surface area contributed by atoms with E-state index in [1.165, 1.54) is 4.88 Å². The largest absolute Gasteiger partial charge is 0.466 e. The van der Waals surface area contributed by atoms with Gasteiger partial charge in [0.2, 0.25) is 0 Å². The number of esters is 1. The lowest BCUT2D eigenvalue weighted by atomic mass is 10.1. The van der Waals surface area contributed by atoms with Crippen LogP contribution in [0.2, 0.25) is 0 Å². The lowest BCUT2D eigenvalue weighted by molar-refractivity contribution is -0.145. The van der Waals surface area contributed by atoms with Gasteiger partial charge in [0.05, 0.1) is 32.3 Å². The van der Waals surface area contributed by atoms with E-state index in [9.17, 15) is 4.79 Å². The Labute approximate surface area is 125 Å². The minimum atomic E-state index is -0.136. The van der Waals surface area contributed by atoms with Crippen molar-refractivity contribution in [3.63, 3.8) is 0 Å². The van der Waals surface area contributed by atoms with Gasteiger partial charge in [-0.25, -0.2) is 0 Å². The molecule has 0 saturated carbocycles. The highest BCUT2D eigenvalue weighted by Crippen LogP contribution is 2.32. The van der Waals surface area contributed by atoms with Gasteiger partial charge in [0.1, 0.15) is 0 Å². The zero-order chi connectivity index (χ0) is 13.7. The van der Waals surface area contributed by atoms with Crippen LogP contribution in [0.4, 0.5) is 0 Å². The SMILES string of the molecule is CCOC(=O)CC(c1cc(Br)cs1)N1CCOCC1. The second-order valence-corrected chi connectivity index (χ2v) is 6.20. The molecule has 2 rings (SSSR count). The van der Waals surface area contributed by atoms with Crippen molar-refractivity contribution in [3.05, 3.63) is 20.8 Å². The first-order valence-electron chi connectivity index (χ1n) is 6.42. The molecule has 106 valence electrons.